The van der Waals surface area contributed by atoms with Crippen molar-refractivity contribution in [3.8, 4) is 0 Å². The minimum Gasteiger partial charge on any atom is -0.456 e. The molecule has 4 fully saturated rings. The zero-order valence-corrected chi connectivity index (χ0v) is 12.7. The average molecular weight is 274 g/mol. The zero-order chi connectivity index (χ0) is 14.1. The molecule has 0 aromatic rings. The van der Waals surface area contributed by atoms with Gasteiger partial charge >= 0.3 is 5.97 Å². The highest BCUT2D eigenvalue weighted by molar-refractivity contribution is 5.81. The molecule has 4 rings (SSSR count). The molecule has 0 aromatic carbocycles. The predicted octanol–water partition coefficient (Wildman–Crippen LogP) is 3.81. The van der Waals surface area contributed by atoms with Crippen LogP contribution in [0.4, 0.5) is 0 Å². The van der Waals surface area contributed by atoms with Crippen LogP contribution in [0.5, 0.6) is 0 Å². The summed E-state index contributed by atoms with van der Waals surface area (Å²) >= 11 is 0. The summed E-state index contributed by atoms with van der Waals surface area (Å²) in [6.45, 7) is 7.76. The lowest BCUT2D eigenvalue weighted by atomic mass is 9.64. The SMILES string of the molecule is C=CC(=O)OC(C)(C)C1CC2CC1C1C3CCC(C3)C21. The van der Waals surface area contributed by atoms with E-state index in [1.54, 1.807) is 0 Å². The highest BCUT2D eigenvalue weighted by atomic mass is 16.6. The molecule has 0 spiro atoms. The van der Waals surface area contributed by atoms with E-state index in [0.29, 0.717) is 5.92 Å². The maximum Gasteiger partial charge on any atom is 0.330 e. The van der Waals surface area contributed by atoms with Gasteiger partial charge in [-0.05, 0) is 81.5 Å². The Kier molecular flexibility index (Phi) is 2.66. The van der Waals surface area contributed by atoms with Crippen molar-refractivity contribution < 1.29 is 9.53 Å². The third-order valence-corrected chi connectivity index (χ3v) is 7.16. The van der Waals surface area contributed by atoms with Crippen LogP contribution in [0.2, 0.25) is 0 Å². The molecule has 4 aliphatic carbocycles. The lowest BCUT2D eigenvalue weighted by Crippen LogP contribution is -2.44. The Bertz CT molecular complexity index is 452. The minimum absolute atomic E-state index is 0.262. The van der Waals surface area contributed by atoms with Crippen LogP contribution in [0.1, 0.15) is 46.0 Å². The molecular weight excluding hydrogens is 248 g/mol. The highest BCUT2D eigenvalue weighted by Crippen LogP contribution is 2.70. The summed E-state index contributed by atoms with van der Waals surface area (Å²) in [6, 6.07) is 0. The first-order chi connectivity index (χ1) is 9.51. The molecule has 0 heterocycles. The number of carbonyl (C=O) groups excluding carboxylic acids is 1. The van der Waals surface area contributed by atoms with Crippen molar-refractivity contribution in [3.05, 3.63) is 12.7 Å². The molecule has 2 nitrogen and oxygen atoms in total. The van der Waals surface area contributed by atoms with Crippen molar-refractivity contribution in [2.24, 2.45) is 41.4 Å². The molecule has 0 amide bonds. The van der Waals surface area contributed by atoms with Crippen LogP contribution < -0.4 is 0 Å². The Balaban J connectivity index is 1.55. The summed E-state index contributed by atoms with van der Waals surface area (Å²) in [5.74, 6) is 6.06. The average Bonchev–Trinajstić information content (AvgIpc) is 3.15. The van der Waals surface area contributed by atoms with Crippen molar-refractivity contribution in [2.45, 2.75) is 51.6 Å². The number of rotatable bonds is 3. The fourth-order valence-electron chi connectivity index (χ4n) is 6.74. The monoisotopic (exact) mass is 274 g/mol. The van der Waals surface area contributed by atoms with Gasteiger partial charge in [0, 0.05) is 12.0 Å². The van der Waals surface area contributed by atoms with Gasteiger partial charge in [-0.3, -0.25) is 0 Å². The lowest BCUT2D eigenvalue weighted by Gasteiger charge is -2.44. The Morgan fingerprint density at radius 1 is 1.10 bits per heavy atom. The van der Waals surface area contributed by atoms with E-state index in [9.17, 15) is 4.79 Å². The van der Waals surface area contributed by atoms with E-state index >= 15 is 0 Å². The van der Waals surface area contributed by atoms with Crippen LogP contribution in [0.3, 0.4) is 0 Å². The van der Waals surface area contributed by atoms with Gasteiger partial charge in [0.1, 0.15) is 5.60 Å². The quantitative estimate of drug-likeness (QED) is 0.444. The van der Waals surface area contributed by atoms with Gasteiger partial charge in [-0.1, -0.05) is 6.58 Å². The molecular formula is C18H26O2. The van der Waals surface area contributed by atoms with E-state index in [2.05, 4.69) is 20.4 Å². The molecule has 0 saturated heterocycles. The molecule has 0 N–H and O–H groups in total. The van der Waals surface area contributed by atoms with Gasteiger partial charge < -0.3 is 4.74 Å². The summed E-state index contributed by atoms with van der Waals surface area (Å²) in [5.41, 5.74) is -0.322. The summed E-state index contributed by atoms with van der Waals surface area (Å²) in [7, 11) is 0. The summed E-state index contributed by atoms with van der Waals surface area (Å²) in [4.78, 5) is 11.6. The summed E-state index contributed by atoms with van der Waals surface area (Å²) < 4.78 is 5.70. The standard InChI is InChI=1S/C18H26O2/c1-4-15(19)20-18(2,3)14-9-12-8-13(14)17-11-6-5-10(7-11)16(12)17/h4,10-14,16-17H,1,5-9H2,2-3H3. The highest BCUT2D eigenvalue weighted by Gasteiger charge is 2.64. The number of ether oxygens (including phenoxy) is 1. The van der Waals surface area contributed by atoms with Gasteiger partial charge in [-0.2, -0.15) is 0 Å². The Morgan fingerprint density at radius 2 is 1.80 bits per heavy atom. The van der Waals surface area contributed by atoms with Crippen LogP contribution in [0, 0.1) is 41.4 Å². The Labute approximate surface area is 122 Å². The van der Waals surface area contributed by atoms with Gasteiger partial charge in [-0.15, -0.1) is 0 Å². The second-order valence-corrected chi connectivity index (χ2v) is 8.22. The molecule has 0 aliphatic heterocycles. The second kappa shape index (κ2) is 4.11. The van der Waals surface area contributed by atoms with Crippen molar-refractivity contribution in [1.29, 1.82) is 0 Å². The largest absolute Gasteiger partial charge is 0.456 e. The van der Waals surface area contributed by atoms with Crippen LogP contribution in [-0.2, 0) is 9.53 Å². The number of fused-ring (bicyclic) bond motifs is 9. The number of carbonyl (C=O) groups is 1. The fraction of sp³-hybridized carbons (Fsp3) is 0.833. The Morgan fingerprint density at radius 3 is 2.50 bits per heavy atom. The molecule has 2 heteroatoms. The van der Waals surface area contributed by atoms with Crippen LogP contribution >= 0.6 is 0 Å². The van der Waals surface area contributed by atoms with Crippen molar-refractivity contribution in [3.63, 3.8) is 0 Å². The topological polar surface area (TPSA) is 26.3 Å². The molecule has 4 aliphatic rings. The van der Waals surface area contributed by atoms with E-state index in [0.717, 1.165) is 35.5 Å². The van der Waals surface area contributed by atoms with Gasteiger partial charge in [-0.25, -0.2) is 4.79 Å². The first kappa shape index (κ1) is 12.9. The maximum atomic E-state index is 11.6. The lowest BCUT2D eigenvalue weighted by molar-refractivity contribution is -0.159. The van der Waals surface area contributed by atoms with Crippen molar-refractivity contribution in [2.75, 3.05) is 0 Å². The third-order valence-electron chi connectivity index (χ3n) is 7.16. The molecule has 110 valence electrons. The summed E-state index contributed by atoms with van der Waals surface area (Å²) in [5, 5.41) is 0. The normalized spacial score (nSPS) is 48.4. The molecule has 20 heavy (non-hydrogen) atoms. The Hall–Kier alpha value is -0.790. The van der Waals surface area contributed by atoms with Gasteiger partial charge in [0.25, 0.3) is 0 Å². The number of esters is 1. The minimum atomic E-state index is -0.322. The molecule has 4 bridgehead atoms. The smallest absolute Gasteiger partial charge is 0.330 e. The van der Waals surface area contributed by atoms with Gasteiger partial charge in [0.05, 0.1) is 0 Å². The van der Waals surface area contributed by atoms with E-state index in [4.69, 9.17) is 4.74 Å². The number of hydrogen-bond donors (Lipinski definition) is 0. The first-order valence-corrected chi connectivity index (χ1v) is 8.36. The van der Waals surface area contributed by atoms with E-state index in [-0.39, 0.29) is 11.6 Å². The summed E-state index contributed by atoms with van der Waals surface area (Å²) in [6.07, 6.45) is 8.45. The maximum absolute atomic E-state index is 11.6. The predicted molar refractivity (Wildman–Crippen MR) is 77.9 cm³/mol. The number of hydrogen-bond acceptors (Lipinski definition) is 2. The van der Waals surface area contributed by atoms with Gasteiger partial charge in [0.15, 0.2) is 0 Å². The second-order valence-electron chi connectivity index (χ2n) is 8.22. The molecule has 0 radical (unpaired) electrons. The first-order valence-electron chi connectivity index (χ1n) is 8.36. The zero-order valence-electron chi connectivity index (χ0n) is 12.7. The molecule has 0 aromatic heterocycles. The van der Waals surface area contributed by atoms with Crippen LogP contribution in [0.15, 0.2) is 12.7 Å². The van der Waals surface area contributed by atoms with E-state index in [1.807, 2.05) is 0 Å². The van der Waals surface area contributed by atoms with Gasteiger partial charge in [0.2, 0.25) is 0 Å². The van der Waals surface area contributed by atoms with Crippen molar-refractivity contribution in [1.82, 2.24) is 0 Å². The van der Waals surface area contributed by atoms with E-state index in [1.165, 1.54) is 38.2 Å². The van der Waals surface area contributed by atoms with Crippen LogP contribution in [0.25, 0.3) is 0 Å². The fourth-order valence-corrected chi connectivity index (χ4v) is 6.74. The molecule has 7 atom stereocenters. The molecule has 7 unspecified atom stereocenters. The third kappa shape index (κ3) is 1.60. The van der Waals surface area contributed by atoms with E-state index < -0.39 is 0 Å². The van der Waals surface area contributed by atoms with Crippen LogP contribution in [-0.4, -0.2) is 11.6 Å². The van der Waals surface area contributed by atoms with Crippen molar-refractivity contribution >= 4 is 5.97 Å². The molecule has 4 saturated carbocycles.